The van der Waals surface area contributed by atoms with E-state index in [1.165, 1.54) is 17.2 Å². The van der Waals surface area contributed by atoms with Gasteiger partial charge in [-0.25, -0.2) is 4.39 Å². The van der Waals surface area contributed by atoms with Crippen LogP contribution in [0.2, 0.25) is 0 Å². The third-order valence-corrected chi connectivity index (χ3v) is 4.53. The molecule has 3 nitrogen and oxygen atoms in total. The molecule has 1 amide bonds. The number of carbonyl (C=O) groups is 1. The lowest BCUT2D eigenvalue weighted by Crippen LogP contribution is -2.44. The van der Waals surface area contributed by atoms with Gasteiger partial charge in [-0.2, -0.15) is 0 Å². The molecule has 0 saturated carbocycles. The first-order chi connectivity index (χ1) is 11.0. The van der Waals surface area contributed by atoms with E-state index in [1.807, 2.05) is 13.0 Å². The summed E-state index contributed by atoms with van der Waals surface area (Å²) >= 11 is 0. The molecule has 1 N–H and O–H groups in total. The summed E-state index contributed by atoms with van der Waals surface area (Å²) in [4.78, 5) is 14.6. The summed E-state index contributed by atoms with van der Waals surface area (Å²) in [6.45, 7) is 5.23. The van der Waals surface area contributed by atoms with Crippen LogP contribution in [-0.4, -0.2) is 23.4 Å². The summed E-state index contributed by atoms with van der Waals surface area (Å²) in [5, 5.41) is 2.81. The van der Waals surface area contributed by atoms with Crippen LogP contribution in [0.1, 0.15) is 23.6 Å². The van der Waals surface area contributed by atoms with E-state index in [-0.39, 0.29) is 17.8 Å². The molecule has 0 aliphatic carbocycles. The largest absolute Gasteiger partial charge is 0.325 e. The van der Waals surface area contributed by atoms with Crippen LogP contribution in [0.15, 0.2) is 42.5 Å². The smallest absolute Gasteiger partial charge is 0.241 e. The van der Waals surface area contributed by atoms with Crippen molar-refractivity contribution >= 4 is 11.6 Å². The van der Waals surface area contributed by atoms with Crippen LogP contribution in [0.25, 0.3) is 0 Å². The van der Waals surface area contributed by atoms with E-state index < -0.39 is 0 Å². The fourth-order valence-electron chi connectivity index (χ4n) is 2.93. The number of benzene rings is 2. The number of amides is 1. The third kappa shape index (κ3) is 3.42. The first-order valence-corrected chi connectivity index (χ1v) is 7.92. The normalized spacial score (nSPS) is 15.8. The summed E-state index contributed by atoms with van der Waals surface area (Å²) in [5.74, 6) is -0.407. The molecule has 1 atom stereocenters. The second-order valence-electron chi connectivity index (χ2n) is 6.12. The Hall–Kier alpha value is -2.20. The van der Waals surface area contributed by atoms with Crippen LogP contribution in [0.4, 0.5) is 10.1 Å². The monoisotopic (exact) mass is 312 g/mol. The van der Waals surface area contributed by atoms with Gasteiger partial charge in [-0.15, -0.1) is 0 Å². The van der Waals surface area contributed by atoms with E-state index in [0.717, 1.165) is 19.5 Å². The highest BCUT2D eigenvalue weighted by atomic mass is 19.1. The van der Waals surface area contributed by atoms with Gasteiger partial charge in [-0.05, 0) is 49.1 Å². The van der Waals surface area contributed by atoms with Gasteiger partial charge in [0, 0.05) is 18.8 Å². The maximum absolute atomic E-state index is 13.6. The van der Waals surface area contributed by atoms with Gasteiger partial charge in [-0.3, -0.25) is 9.69 Å². The number of rotatable bonds is 3. The predicted octanol–water partition coefficient (Wildman–Crippen LogP) is 3.52. The molecule has 0 radical (unpaired) electrons. The molecule has 1 heterocycles. The van der Waals surface area contributed by atoms with Crippen molar-refractivity contribution in [3.8, 4) is 0 Å². The quantitative estimate of drug-likeness (QED) is 0.940. The standard InChI is InChI=1S/C19H21FN2O/c1-13-7-8-17(11-18(13)20)21-19(23)14(2)22-10-9-15-5-3-4-6-16(15)12-22/h3-8,11,14H,9-10,12H2,1-2H3,(H,21,23)/t14-/m1/s1. The topological polar surface area (TPSA) is 32.3 Å². The van der Waals surface area contributed by atoms with Crippen LogP contribution < -0.4 is 5.32 Å². The van der Waals surface area contributed by atoms with Crippen molar-refractivity contribution in [2.24, 2.45) is 0 Å². The molecule has 2 aromatic carbocycles. The lowest BCUT2D eigenvalue weighted by atomic mass is 9.99. The molecular weight excluding hydrogens is 291 g/mol. The SMILES string of the molecule is Cc1ccc(NC(=O)[C@@H](C)N2CCc3ccccc3C2)cc1F. The Morgan fingerprint density at radius 3 is 2.70 bits per heavy atom. The Bertz CT molecular complexity index is 729. The van der Waals surface area contributed by atoms with Crippen LogP contribution in [0.5, 0.6) is 0 Å². The van der Waals surface area contributed by atoms with Crippen LogP contribution in [-0.2, 0) is 17.8 Å². The minimum absolute atomic E-state index is 0.104. The summed E-state index contributed by atoms with van der Waals surface area (Å²) in [6, 6.07) is 12.9. The summed E-state index contributed by atoms with van der Waals surface area (Å²) < 4.78 is 13.6. The number of fused-ring (bicyclic) bond motifs is 1. The van der Waals surface area contributed by atoms with E-state index in [9.17, 15) is 9.18 Å². The number of nitrogens with one attached hydrogen (secondary N) is 1. The molecule has 0 spiro atoms. The van der Waals surface area contributed by atoms with Gasteiger partial charge in [0.2, 0.25) is 5.91 Å². The van der Waals surface area contributed by atoms with Gasteiger partial charge < -0.3 is 5.32 Å². The van der Waals surface area contributed by atoms with E-state index in [4.69, 9.17) is 0 Å². The van der Waals surface area contributed by atoms with Gasteiger partial charge >= 0.3 is 0 Å². The molecule has 0 unspecified atom stereocenters. The first-order valence-electron chi connectivity index (χ1n) is 7.92. The summed E-state index contributed by atoms with van der Waals surface area (Å²) in [5.41, 5.74) is 3.71. The Morgan fingerprint density at radius 1 is 1.22 bits per heavy atom. The third-order valence-electron chi connectivity index (χ3n) is 4.53. The molecule has 0 bridgehead atoms. The second-order valence-corrected chi connectivity index (χ2v) is 6.12. The van der Waals surface area contributed by atoms with E-state index in [1.54, 1.807) is 19.1 Å². The second kappa shape index (κ2) is 6.50. The molecule has 4 heteroatoms. The van der Waals surface area contributed by atoms with E-state index >= 15 is 0 Å². The van der Waals surface area contributed by atoms with Crippen molar-refractivity contribution in [1.29, 1.82) is 0 Å². The lowest BCUT2D eigenvalue weighted by Gasteiger charge is -2.32. The molecule has 1 aliphatic heterocycles. The number of hydrogen-bond donors (Lipinski definition) is 1. The highest BCUT2D eigenvalue weighted by Crippen LogP contribution is 2.21. The molecule has 23 heavy (non-hydrogen) atoms. The van der Waals surface area contributed by atoms with Gasteiger partial charge in [0.15, 0.2) is 0 Å². The van der Waals surface area contributed by atoms with Crippen LogP contribution >= 0.6 is 0 Å². The summed E-state index contributed by atoms with van der Waals surface area (Å²) in [7, 11) is 0. The maximum atomic E-state index is 13.6. The Morgan fingerprint density at radius 2 is 1.96 bits per heavy atom. The number of nitrogens with zero attached hydrogens (tertiary/aromatic N) is 1. The summed E-state index contributed by atoms with van der Waals surface area (Å²) in [6.07, 6.45) is 0.951. The fraction of sp³-hybridized carbons (Fsp3) is 0.316. The van der Waals surface area contributed by atoms with Crippen LogP contribution in [0, 0.1) is 12.7 Å². The first kappa shape index (κ1) is 15.7. The maximum Gasteiger partial charge on any atom is 0.241 e. The molecular formula is C19H21FN2O. The zero-order valence-electron chi connectivity index (χ0n) is 13.5. The van der Waals surface area contributed by atoms with Crippen LogP contribution in [0.3, 0.4) is 0 Å². The Kier molecular flexibility index (Phi) is 4.44. The molecule has 0 aromatic heterocycles. The molecule has 3 rings (SSSR count). The van der Waals surface area contributed by atoms with Crippen molar-refractivity contribution in [3.05, 3.63) is 65.0 Å². The zero-order chi connectivity index (χ0) is 16.4. The lowest BCUT2D eigenvalue weighted by molar-refractivity contribution is -0.121. The Labute approximate surface area is 136 Å². The number of anilines is 1. The van der Waals surface area contributed by atoms with Gasteiger partial charge in [-0.1, -0.05) is 30.3 Å². The van der Waals surface area contributed by atoms with Gasteiger partial charge in [0.25, 0.3) is 0 Å². The molecule has 0 saturated heterocycles. The Balaban J connectivity index is 1.67. The average molecular weight is 312 g/mol. The average Bonchev–Trinajstić information content (AvgIpc) is 2.57. The van der Waals surface area contributed by atoms with E-state index in [2.05, 4.69) is 28.4 Å². The van der Waals surface area contributed by atoms with Crippen molar-refractivity contribution in [3.63, 3.8) is 0 Å². The van der Waals surface area contributed by atoms with Gasteiger partial charge in [0.05, 0.1) is 6.04 Å². The molecule has 0 fully saturated rings. The molecule has 1 aliphatic rings. The number of carbonyl (C=O) groups excluding carboxylic acids is 1. The highest BCUT2D eigenvalue weighted by Gasteiger charge is 2.25. The predicted molar refractivity (Wildman–Crippen MR) is 89.8 cm³/mol. The fourth-order valence-corrected chi connectivity index (χ4v) is 2.93. The number of halogens is 1. The highest BCUT2D eigenvalue weighted by molar-refractivity contribution is 5.94. The number of aryl methyl sites for hydroxylation is 1. The van der Waals surface area contributed by atoms with Crippen molar-refractivity contribution in [2.75, 3.05) is 11.9 Å². The van der Waals surface area contributed by atoms with Gasteiger partial charge in [0.1, 0.15) is 5.82 Å². The zero-order valence-corrected chi connectivity index (χ0v) is 13.5. The van der Waals surface area contributed by atoms with Crippen molar-refractivity contribution in [1.82, 2.24) is 4.90 Å². The molecule has 120 valence electrons. The number of hydrogen-bond acceptors (Lipinski definition) is 2. The van der Waals surface area contributed by atoms with Crippen molar-refractivity contribution < 1.29 is 9.18 Å². The van der Waals surface area contributed by atoms with Crippen molar-refractivity contribution in [2.45, 2.75) is 32.9 Å². The molecule has 2 aromatic rings. The minimum Gasteiger partial charge on any atom is -0.325 e. The minimum atomic E-state index is -0.303. The van der Waals surface area contributed by atoms with E-state index in [0.29, 0.717) is 11.3 Å².